The van der Waals surface area contributed by atoms with E-state index in [0.29, 0.717) is 41.8 Å². The molecule has 122 valence electrons. The Kier molecular flexibility index (Phi) is 2.93. The Morgan fingerprint density at radius 2 is 1.68 bits per heavy atom. The van der Waals surface area contributed by atoms with Gasteiger partial charge in [0, 0.05) is 12.8 Å². The highest BCUT2D eigenvalue weighted by atomic mass is 16.3. The molecule has 0 aromatic carbocycles. The fourth-order valence-corrected chi connectivity index (χ4v) is 6.54. The standard InChI is InChI=1S/C19H28O3/c1-18-8-3-4-12(18)11-10-16(21)14-5-6-15(20)17(22)19(14,2)13(11)7-9-18/h11-13,20-22H,3-10H2,1-2H3/t11-,12-,13-,18-,19+/m0/s1. The Balaban J connectivity index is 1.82. The summed E-state index contributed by atoms with van der Waals surface area (Å²) in [5, 5.41) is 31.5. The average molecular weight is 304 g/mol. The van der Waals surface area contributed by atoms with Crippen molar-refractivity contribution in [2.75, 3.05) is 0 Å². The second kappa shape index (κ2) is 4.46. The van der Waals surface area contributed by atoms with Gasteiger partial charge in [0.25, 0.3) is 0 Å². The number of allylic oxidation sites excluding steroid dienone is 3. The lowest BCUT2D eigenvalue weighted by atomic mass is 9.48. The molecule has 0 amide bonds. The molecule has 0 spiro atoms. The van der Waals surface area contributed by atoms with Crippen molar-refractivity contribution in [1.82, 2.24) is 0 Å². The summed E-state index contributed by atoms with van der Waals surface area (Å²) in [4.78, 5) is 0. The molecule has 2 saturated carbocycles. The van der Waals surface area contributed by atoms with Crippen molar-refractivity contribution >= 4 is 0 Å². The molecule has 3 N–H and O–H groups in total. The molecule has 0 heterocycles. The summed E-state index contributed by atoms with van der Waals surface area (Å²) in [5.41, 5.74) is 0.871. The fourth-order valence-electron chi connectivity index (χ4n) is 6.54. The number of fused-ring (bicyclic) bond motifs is 5. The van der Waals surface area contributed by atoms with Gasteiger partial charge < -0.3 is 15.3 Å². The van der Waals surface area contributed by atoms with Gasteiger partial charge in [0.05, 0.1) is 11.2 Å². The molecule has 5 atom stereocenters. The van der Waals surface area contributed by atoms with E-state index in [1.54, 1.807) is 0 Å². The third-order valence-electron chi connectivity index (χ3n) is 7.74. The summed E-state index contributed by atoms with van der Waals surface area (Å²) < 4.78 is 0. The molecule has 4 aliphatic carbocycles. The van der Waals surface area contributed by atoms with Gasteiger partial charge in [-0.15, -0.1) is 0 Å². The highest BCUT2D eigenvalue weighted by molar-refractivity contribution is 5.37. The summed E-state index contributed by atoms with van der Waals surface area (Å²) in [7, 11) is 0. The van der Waals surface area contributed by atoms with Gasteiger partial charge in [0.15, 0.2) is 0 Å². The minimum atomic E-state index is -0.542. The van der Waals surface area contributed by atoms with Crippen LogP contribution in [-0.4, -0.2) is 15.3 Å². The molecule has 0 saturated heterocycles. The third kappa shape index (κ3) is 1.63. The topological polar surface area (TPSA) is 60.7 Å². The summed E-state index contributed by atoms with van der Waals surface area (Å²) in [5.74, 6) is 2.23. The van der Waals surface area contributed by atoms with Gasteiger partial charge in [-0.1, -0.05) is 13.3 Å². The first kappa shape index (κ1) is 14.5. The predicted molar refractivity (Wildman–Crippen MR) is 85.6 cm³/mol. The first-order valence-corrected chi connectivity index (χ1v) is 8.91. The highest BCUT2D eigenvalue weighted by Gasteiger charge is 2.59. The van der Waals surface area contributed by atoms with Crippen molar-refractivity contribution in [2.45, 2.75) is 65.2 Å². The normalized spacial score (nSPS) is 48.0. The van der Waals surface area contributed by atoms with Gasteiger partial charge in [-0.2, -0.15) is 0 Å². The van der Waals surface area contributed by atoms with Crippen LogP contribution in [0.5, 0.6) is 0 Å². The van der Waals surface area contributed by atoms with Crippen LogP contribution in [0.1, 0.15) is 65.2 Å². The lowest BCUT2D eigenvalue weighted by molar-refractivity contribution is -0.0337. The summed E-state index contributed by atoms with van der Waals surface area (Å²) in [6.45, 7) is 4.48. The highest BCUT2D eigenvalue weighted by Crippen LogP contribution is 2.66. The van der Waals surface area contributed by atoms with E-state index in [-0.39, 0.29) is 11.5 Å². The molecule has 0 radical (unpaired) electrons. The first-order chi connectivity index (χ1) is 10.4. The Bertz CT molecular complexity index is 575. The second-order valence-electron chi connectivity index (χ2n) is 8.59. The summed E-state index contributed by atoms with van der Waals surface area (Å²) in [6, 6.07) is 0. The monoisotopic (exact) mass is 304 g/mol. The maximum atomic E-state index is 10.7. The Hall–Kier alpha value is -1.12. The minimum absolute atomic E-state index is 0.136. The SMILES string of the molecule is C[C@@]12CCC[C@H]1[C@@H]1CC(O)=C3CCC(O)=C(O)[C@]3(C)[C@H]1CC2. The van der Waals surface area contributed by atoms with E-state index in [1.807, 2.05) is 0 Å². The first-order valence-electron chi connectivity index (χ1n) is 8.91. The van der Waals surface area contributed by atoms with Gasteiger partial charge in [0.2, 0.25) is 0 Å². The Morgan fingerprint density at radius 3 is 2.45 bits per heavy atom. The summed E-state index contributed by atoms with van der Waals surface area (Å²) in [6.07, 6.45) is 8.10. The summed E-state index contributed by atoms with van der Waals surface area (Å²) >= 11 is 0. The van der Waals surface area contributed by atoms with Crippen molar-refractivity contribution in [3.8, 4) is 0 Å². The maximum Gasteiger partial charge on any atom is 0.140 e. The molecule has 3 heteroatoms. The molecule has 4 aliphatic rings. The van der Waals surface area contributed by atoms with E-state index < -0.39 is 5.41 Å². The van der Waals surface area contributed by atoms with Gasteiger partial charge in [-0.25, -0.2) is 0 Å². The lowest BCUT2D eigenvalue weighted by Crippen LogP contribution is -2.50. The molecule has 3 nitrogen and oxygen atoms in total. The molecule has 22 heavy (non-hydrogen) atoms. The molecule has 2 fully saturated rings. The Morgan fingerprint density at radius 1 is 0.909 bits per heavy atom. The number of aliphatic hydroxyl groups is 3. The zero-order valence-electron chi connectivity index (χ0n) is 13.7. The van der Waals surface area contributed by atoms with Crippen molar-refractivity contribution in [1.29, 1.82) is 0 Å². The van der Waals surface area contributed by atoms with Crippen LogP contribution in [0.2, 0.25) is 0 Å². The van der Waals surface area contributed by atoms with E-state index in [2.05, 4.69) is 13.8 Å². The quantitative estimate of drug-likeness (QED) is 0.579. The van der Waals surface area contributed by atoms with E-state index >= 15 is 0 Å². The van der Waals surface area contributed by atoms with Gasteiger partial charge in [0.1, 0.15) is 11.5 Å². The molecule has 0 aromatic rings. The van der Waals surface area contributed by atoms with Crippen molar-refractivity contribution < 1.29 is 15.3 Å². The molecule has 0 aliphatic heterocycles. The second-order valence-corrected chi connectivity index (χ2v) is 8.59. The maximum absolute atomic E-state index is 10.7. The van der Waals surface area contributed by atoms with Gasteiger partial charge >= 0.3 is 0 Å². The van der Waals surface area contributed by atoms with Crippen LogP contribution in [0.3, 0.4) is 0 Å². The molecule has 4 rings (SSSR count). The number of aliphatic hydroxyl groups excluding tert-OH is 3. The van der Waals surface area contributed by atoms with E-state index in [4.69, 9.17) is 0 Å². The van der Waals surface area contributed by atoms with E-state index in [9.17, 15) is 15.3 Å². The fraction of sp³-hybridized carbons (Fsp3) is 0.789. The number of hydrogen-bond acceptors (Lipinski definition) is 3. The molecule has 0 unspecified atom stereocenters. The van der Waals surface area contributed by atoms with Crippen LogP contribution in [0, 0.1) is 28.6 Å². The van der Waals surface area contributed by atoms with E-state index in [1.165, 1.54) is 25.7 Å². The molecule has 0 aromatic heterocycles. The van der Waals surface area contributed by atoms with Crippen LogP contribution < -0.4 is 0 Å². The smallest absolute Gasteiger partial charge is 0.140 e. The Labute approximate surface area is 132 Å². The van der Waals surface area contributed by atoms with Crippen molar-refractivity contribution in [3.05, 3.63) is 22.9 Å². The van der Waals surface area contributed by atoms with Crippen LogP contribution in [0.25, 0.3) is 0 Å². The van der Waals surface area contributed by atoms with Gasteiger partial charge in [-0.05, 0) is 67.8 Å². The lowest BCUT2D eigenvalue weighted by Gasteiger charge is -2.56. The van der Waals surface area contributed by atoms with Crippen molar-refractivity contribution in [3.63, 3.8) is 0 Å². The molecular weight excluding hydrogens is 276 g/mol. The average Bonchev–Trinajstić information content (AvgIpc) is 2.86. The van der Waals surface area contributed by atoms with Crippen LogP contribution >= 0.6 is 0 Å². The number of hydrogen-bond donors (Lipinski definition) is 3. The number of rotatable bonds is 0. The molecular formula is C19H28O3. The third-order valence-corrected chi connectivity index (χ3v) is 7.74. The van der Waals surface area contributed by atoms with Crippen LogP contribution in [-0.2, 0) is 0 Å². The molecule has 0 bridgehead atoms. The zero-order valence-corrected chi connectivity index (χ0v) is 13.7. The van der Waals surface area contributed by atoms with Crippen LogP contribution in [0.15, 0.2) is 22.9 Å². The zero-order chi connectivity index (χ0) is 15.7. The predicted octanol–water partition coefficient (Wildman–Crippen LogP) is 5.16. The van der Waals surface area contributed by atoms with Crippen molar-refractivity contribution in [2.24, 2.45) is 28.6 Å². The van der Waals surface area contributed by atoms with Gasteiger partial charge in [-0.3, -0.25) is 0 Å². The van der Waals surface area contributed by atoms with Crippen LogP contribution in [0.4, 0.5) is 0 Å². The largest absolute Gasteiger partial charge is 0.512 e. The minimum Gasteiger partial charge on any atom is -0.512 e. The van der Waals surface area contributed by atoms with E-state index in [0.717, 1.165) is 18.4 Å².